The number of ether oxygens (including phenoxy) is 2. The van der Waals surface area contributed by atoms with Crippen LogP contribution in [0.15, 0.2) is 42.5 Å². The summed E-state index contributed by atoms with van der Waals surface area (Å²) in [4.78, 5) is 15.2. The van der Waals surface area contributed by atoms with Gasteiger partial charge in [0.25, 0.3) is 10.2 Å². The molecule has 1 unspecified atom stereocenters. The molecule has 1 heterocycles. The van der Waals surface area contributed by atoms with Gasteiger partial charge in [0, 0.05) is 36.8 Å². The zero-order valence-corrected chi connectivity index (χ0v) is 22.2. The molecule has 1 saturated heterocycles. The topological polar surface area (TPSA) is 159 Å². The highest BCUT2D eigenvalue weighted by atomic mass is 32.2. The van der Waals surface area contributed by atoms with E-state index in [9.17, 15) is 13.2 Å². The number of nitrogens with zero attached hydrogens (tertiary/aromatic N) is 1. The number of likely N-dealkylation sites (tertiary alicyclic amines) is 1. The predicted octanol–water partition coefficient (Wildman–Crippen LogP) is 0.734. The number of piperidine rings is 1. The van der Waals surface area contributed by atoms with Crippen LogP contribution in [-0.2, 0) is 28.0 Å². The summed E-state index contributed by atoms with van der Waals surface area (Å²) in [7, 11) is 0.786. The smallest absolute Gasteiger partial charge is 0.277 e. The first-order valence-corrected chi connectivity index (χ1v) is 13.5. The Bertz CT molecular complexity index is 1200. The van der Waals surface area contributed by atoms with E-state index in [1.807, 2.05) is 7.05 Å². The van der Waals surface area contributed by atoms with Gasteiger partial charge in [-0.1, -0.05) is 30.3 Å². The number of hydrogen-bond donors (Lipinski definition) is 5. The molecule has 12 heteroatoms. The van der Waals surface area contributed by atoms with E-state index in [2.05, 4.69) is 14.8 Å². The van der Waals surface area contributed by atoms with Crippen molar-refractivity contribution >= 4 is 22.0 Å². The van der Waals surface area contributed by atoms with Crippen LogP contribution in [0, 0.1) is 5.41 Å². The van der Waals surface area contributed by atoms with E-state index < -0.39 is 16.3 Å². The summed E-state index contributed by atoms with van der Waals surface area (Å²) in [5.41, 5.74) is 7.39. The molecule has 1 amide bonds. The molecule has 3 rings (SSSR count). The third-order valence-electron chi connectivity index (χ3n) is 6.43. The summed E-state index contributed by atoms with van der Waals surface area (Å²) in [6.07, 6.45) is 1.68. The largest absolute Gasteiger partial charge is 0.493 e. The van der Waals surface area contributed by atoms with Gasteiger partial charge >= 0.3 is 0 Å². The van der Waals surface area contributed by atoms with E-state index >= 15 is 0 Å². The molecular weight excluding hydrogens is 496 g/mol. The van der Waals surface area contributed by atoms with Crippen LogP contribution in [0.25, 0.3) is 0 Å². The average molecular weight is 533 g/mol. The molecule has 0 saturated carbocycles. The molecule has 1 aliphatic heterocycles. The quantitative estimate of drug-likeness (QED) is 0.199. The molecule has 1 aliphatic rings. The Balaban J connectivity index is 1.80. The molecule has 37 heavy (non-hydrogen) atoms. The molecule has 11 nitrogen and oxygen atoms in total. The van der Waals surface area contributed by atoms with Crippen molar-refractivity contribution in [2.45, 2.75) is 37.9 Å². The van der Waals surface area contributed by atoms with Gasteiger partial charge in [0.05, 0.1) is 14.2 Å². The number of carbonyl (C=O) groups excluding carboxylic acids is 1. The highest BCUT2D eigenvalue weighted by molar-refractivity contribution is 7.87. The minimum atomic E-state index is -4.09. The number of carbonyl (C=O) groups is 1. The summed E-state index contributed by atoms with van der Waals surface area (Å²) >= 11 is 0. The molecule has 6 N–H and O–H groups in total. The van der Waals surface area contributed by atoms with Crippen molar-refractivity contribution in [1.82, 2.24) is 19.7 Å². The Kier molecular flexibility index (Phi) is 9.86. The number of rotatable bonds is 12. The van der Waals surface area contributed by atoms with Gasteiger partial charge in [0.15, 0.2) is 11.5 Å². The lowest BCUT2D eigenvalue weighted by molar-refractivity contribution is -0.134. The molecule has 0 aliphatic carbocycles. The van der Waals surface area contributed by atoms with Crippen molar-refractivity contribution in [1.29, 1.82) is 5.41 Å². The summed E-state index contributed by atoms with van der Waals surface area (Å²) in [5.74, 6) is 0.504. The second-order valence-electron chi connectivity index (χ2n) is 8.85. The molecular formula is C25H36N6O5S. The second kappa shape index (κ2) is 12.9. The number of nitrogen functional groups attached to an aromatic ring is 1. The number of methoxy groups -OCH3 is 2. The van der Waals surface area contributed by atoms with E-state index in [0.29, 0.717) is 47.3 Å². The molecule has 0 spiro atoms. The van der Waals surface area contributed by atoms with Crippen molar-refractivity contribution in [3.63, 3.8) is 0 Å². The third kappa shape index (κ3) is 7.65. The maximum absolute atomic E-state index is 13.5. The van der Waals surface area contributed by atoms with Crippen LogP contribution in [0.1, 0.15) is 29.5 Å². The van der Waals surface area contributed by atoms with Crippen molar-refractivity contribution in [2.24, 2.45) is 5.73 Å². The van der Waals surface area contributed by atoms with E-state index in [-0.39, 0.29) is 24.7 Å². The number of hydrogen-bond acceptors (Lipinski definition) is 7. The van der Waals surface area contributed by atoms with Crippen molar-refractivity contribution in [3.8, 4) is 11.5 Å². The highest BCUT2D eigenvalue weighted by Gasteiger charge is 2.31. The number of nitrogens with one attached hydrogen (secondary N) is 4. The number of amides is 1. The fraction of sp³-hybridized carbons (Fsp3) is 0.440. The predicted molar refractivity (Wildman–Crippen MR) is 142 cm³/mol. The lowest BCUT2D eigenvalue weighted by atomic mass is 10.0. The van der Waals surface area contributed by atoms with E-state index in [0.717, 1.165) is 12.8 Å². The minimum absolute atomic E-state index is 0.0655. The van der Waals surface area contributed by atoms with E-state index in [4.69, 9.17) is 20.6 Å². The van der Waals surface area contributed by atoms with Crippen LogP contribution in [-0.4, -0.2) is 71.5 Å². The minimum Gasteiger partial charge on any atom is -0.493 e. The molecule has 1 fully saturated rings. The van der Waals surface area contributed by atoms with Crippen molar-refractivity contribution in [2.75, 3.05) is 34.4 Å². The monoisotopic (exact) mass is 532 g/mol. The van der Waals surface area contributed by atoms with Crippen molar-refractivity contribution in [3.05, 3.63) is 59.2 Å². The van der Waals surface area contributed by atoms with Crippen LogP contribution in [0.2, 0.25) is 0 Å². The molecule has 1 atom stereocenters. The fourth-order valence-electron chi connectivity index (χ4n) is 4.38. The molecule has 202 valence electrons. The maximum atomic E-state index is 13.5. The standard InChI is InChI=1S/C25H36N6O5S/c1-28-20-10-12-31(13-11-20)25(32)21(15-17-6-4-7-18(14-17)24(26)27)30-37(33,34)29-16-19-8-5-9-22(35-2)23(19)36-3/h4-9,14,20-21,28-30H,10-13,15-16H2,1-3H3,(H3,26,27). The Morgan fingerprint density at radius 2 is 1.86 bits per heavy atom. The Hall–Kier alpha value is -3.19. The van der Waals surface area contributed by atoms with Gasteiger partial charge < -0.3 is 25.4 Å². The zero-order chi connectivity index (χ0) is 27.0. The van der Waals surface area contributed by atoms with Crippen LogP contribution in [0.5, 0.6) is 11.5 Å². The highest BCUT2D eigenvalue weighted by Crippen LogP contribution is 2.30. The SMILES string of the molecule is CNC1CCN(C(=O)C(Cc2cccc(C(=N)N)c2)NS(=O)(=O)NCc2cccc(OC)c2OC)CC1. The Labute approximate surface area is 218 Å². The van der Waals surface area contributed by atoms with Gasteiger partial charge in [-0.25, -0.2) is 0 Å². The second-order valence-corrected chi connectivity index (χ2v) is 10.4. The molecule has 0 radical (unpaired) electrons. The summed E-state index contributed by atoms with van der Waals surface area (Å²) in [5, 5.41) is 10.9. The molecule has 0 bridgehead atoms. The first kappa shape index (κ1) is 28.4. The molecule has 0 aromatic heterocycles. The molecule has 2 aromatic rings. The van der Waals surface area contributed by atoms with Crippen LogP contribution >= 0.6 is 0 Å². The average Bonchev–Trinajstić information content (AvgIpc) is 2.90. The Morgan fingerprint density at radius 1 is 1.16 bits per heavy atom. The van der Waals surface area contributed by atoms with Crippen molar-refractivity contribution < 1.29 is 22.7 Å². The lowest BCUT2D eigenvalue weighted by Gasteiger charge is -2.34. The number of para-hydroxylation sites is 1. The number of benzene rings is 2. The summed E-state index contributed by atoms with van der Waals surface area (Å²) in [6, 6.07) is 11.4. The van der Waals surface area contributed by atoms with Gasteiger partial charge in [-0.15, -0.1) is 0 Å². The van der Waals surface area contributed by atoms with Crippen LogP contribution < -0.4 is 30.0 Å². The fourth-order valence-corrected chi connectivity index (χ4v) is 5.37. The van der Waals surface area contributed by atoms with Gasteiger partial charge in [0.1, 0.15) is 11.9 Å². The van der Waals surface area contributed by atoms with Gasteiger partial charge in [-0.2, -0.15) is 17.9 Å². The third-order valence-corrected chi connectivity index (χ3v) is 7.54. The first-order valence-electron chi connectivity index (χ1n) is 12.0. The number of amidine groups is 1. The van der Waals surface area contributed by atoms with Crippen LogP contribution in [0.3, 0.4) is 0 Å². The first-order chi connectivity index (χ1) is 17.7. The molecule has 2 aromatic carbocycles. The number of nitrogens with two attached hydrogens (primary N) is 1. The summed E-state index contributed by atoms with van der Waals surface area (Å²) in [6.45, 7) is 0.999. The normalized spacial score (nSPS) is 15.3. The zero-order valence-electron chi connectivity index (χ0n) is 21.4. The van der Waals surface area contributed by atoms with E-state index in [1.165, 1.54) is 14.2 Å². The van der Waals surface area contributed by atoms with Gasteiger partial charge in [-0.05, 0) is 44.0 Å². The van der Waals surface area contributed by atoms with E-state index in [1.54, 1.807) is 47.4 Å². The van der Waals surface area contributed by atoms with Crippen LogP contribution in [0.4, 0.5) is 0 Å². The van der Waals surface area contributed by atoms with Gasteiger partial charge in [0.2, 0.25) is 5.91 Å². The lowest BCUT2D eigenvalue weighted by Crippen LogP contribution is -2.54. The Morgan fingerprint density at radius 3 is 2.49 bits per heavy atom. The van der Waals surface area contributed by atoms with Gasteiger partial charge in [-0.3, -0.25) is 10.2 Å². The maximum Gasteiger partial charge on any atom is 0.277 e. The summed E-state index contributed by atoms with van der Waals surface area (Å²) < 4.78 is 41.9.